The summed E-state index contributed by atoms with van der Waals surface area (Å²) in [5, 5.41) is -1.24. The Bertz CT molecular complexity index is 478. The van der Waals surface area contributed by atoms with Crippen molar-refractivity contribution in [3.8, 4) is 5.75 Å². The van der Waals surface area contributed by atoms with Crippen molar-refractivity contribution in [1.29, 1.82) is 0 Å². The van der Waals surface area contributed by atoms with Crippen LogP contribution in [0, 0.1) is 0 Å². The number of methoxy groups -OCH3 is 1. The lowest BCUT2D eigenvalue weighted by atomic mass is 10.3. The monoisotopic (exact) mass is 243 g/mol. The summed E-state index contributed by atoms with van der Waals surface area (Å²) in [5.41, 5.74) is 4.97. The Hall–Kier alpha value is -1.56. The lowest BCUT2D eigenvalue weighted by Gasteiger charge is -2.09. The van der Waals surface area contributed by atoms with E-state index in [-0.39, 0.29) is 4.90 Å². The summed E-state index contributed by atoms with van der Waals surface area (Å²) in [7, 11) is -2.21. The zero-order chi connectivity index (χ0) is 12.3. The van der Waals surface area contributed by atoms with Gasteiger partial charge in [-0.05, 0) is 31.2 Å². The van der Waals surface area contributed by atoms with E-state index in [1.54, 1.807) is 0 Å². The van der Waals surface area contributed by atoms with Crippen LogP contribution in [0.3, 0.4) is 0 Å². The molecule has 0 saturated heterocycles. The van der Waals surface area contributed by atoms with Gasteiger partial charge >= 0.3 is 0 Å². The smallest absolute Gasteiger partial charge is 0.235 e. The summed E-state index contributed by atoms with van der Waals surface area (Å²) in [6.45, 7) is 1.27. The first-order valence-corrected chi connectivity index (χ1v) is 6.11. The molecule has 0 aromatic heterocycles. The number of rotatable bonds is 4. The molecule has 6 heteroatoms. The van der Waals surface area contributed by atoms with Crippen molar-refractivity contribution >= 4 is 15.7 Å². The third-order valence-corrected chi connectivity index (χ3v) is 4.35. The number of carbonyl (C=O) groups is 1. The summed E-state index contributed by atoms with van der Waals surface area (Å²) in [4.78, 5) is 10.9. The Morgan fingerprint density at radius 2 is 1.81 bits per heavy atom. The molecule has 1 unspecified atom stereocenters. The zero-order valence-electron chi connectivity index (χ0n) is 9.01. The van der Waals surface area contributed by atoms with Gasteiger partial charge < -0.3 is 10.5 Å². The molecule has 0 heterocycles. The topological polar surface area (TPSA) is 86.5 Å². The van der Waals surface area contributed by atoms with Gasteiger partial charge in [-0.3, -0.25) is 4.79 Å². The minimum absolute atomic E-state index is 0.0552. The van der Waals surface area contributed by atoms with Crippen LogP contribution in [0.1, 0.15) is 6.92 Å². The van der Waals surface area contributed by atoms with Crippen LogP contribution >= 0.6 is 0 Å². The molecule has 2 N–H and O–H groups in total. The summed E-state index contributed by atoms with van der Waals surface area (Å²) < 4.78 is 28.6. The highest BCUT2D eigenvalue weighted by molar-refractivity contribution is 7.92. The molecule has 0 fully saturated rings. The molecule has 88 valence electrons. The minimum atomic E-state index is -3.69. The van der Waals surface area contributed by atoms with E-state index >= 15 is 0 Å². The maximum atomic E-state index is 11.8. The number of benzene rings is 1. The molecule has 0 aliphatic heterocycles. The van der Waals surface area contributed by atoms with Crippen LogP contribution in [0.2, 0.25) is 0 Å². The molecule has 0 radical (unpaired) electrons. The first-order valence-electron chi connectivity index (χ1n) is 4.57. The Morgan fingerprint density at radius 1 is 1.31 bits per heavy atom. The minimum Gasteiger partial charge on any atom is -0.497 e. The third kappa shape index (κ3) is 2.33. The van der Waals surface area contributed by atoms with Gasteiger partial charge in [-0.25, -0.2) is 8.42 Å². The van der Waals surface area contributed by atoms with Crippen molar-refractivity contribution in [2.24, 2.45) is 5.73 Å². The van der Waals surface area contributed by atoms with Crippen molar-refractivity contribution in [1.82, 2.24) is 0 Å². The highest BCUT2D eigenvalue weighted by atomic mass is 32.2. The maximum Gasteiger partial charge on any atom is 0.235 e. The van der Waals surface area contributed by atoms with Crippen molar-refractivity contribution in [2.45, 2.75) is 17.1 Å². The van der Waals surface area contributed by atoms with Gasteiger partial charge in [-0.2, -0.15) is 0 Å². The highest BCUT2D eigenvalue weighted by Crippen LogP contribution is 2.19. The molecule has 0 aliphatic carbocycles. The van der Waals surface area contributed by atoms with Gasteiger partial charge in [-0.1, -0.05) is 0 Å². The largest absolute Gasteiger partial charge is 0.497 e. The maximum absolute atomic E-state index is 11.8. The fourth-order valence-electron chi connectivity index (χ4n) is 1.12. The molecule has 1 aromatic rings. The lowest BCUT2D eigenvalue weighted by molar-refractivity contribution is -0.117. The van der Waals surface area contributed by atoms with Crippen LogP contribution in [-0.4, -0.2) is 26.7 Å². The average Bonchev–Trinajstić information content (AvgIpc) is 2.28. The van der Waals surface area contributed by atoms with E-state index < -0.39 is 21.0 Å². The molecular weight excluding hydrogens is 230 g/mol. The van der Waals surface area contributed by atoms with Gasteiger partial charge in [0.25, 0.3) is 0 Å². The number of primary amides is 1. The summed E-state index contributed by atoms with van der Waals surface area (Å²) in [5.74, 6) is -0.318. The SMILES string of the molecule is COc1ccc(S(=O)(=O)C(C)C(N)=O)cc1. The number of hydrogen-bond acceptors (Lipinski definition) is 4. The van der Waals surface area contributed by atoms with E-state index in [1.807, 2.05) is 0 Å². The van der Waals surface area contributed by atoms with Crippen molar-refractivity contribution in [3.05, 3.63) is 24.3 Å². The Balaban J connectivity index is 3.13. The first kappa shape index (κ1) is 12.5. The van der Waals surface area contributed by atoms with Gasteiger partial charge in [0.2, 0.25) is 5.91 Å². The van der Waals surface area contributed by atoms with Crippen LogP contribution in [0.4, 0.5) is 0 Å². The Kier molecular flexibility index (Phi) is 3.54. The fourth-order valence-corrected chi connectivity index (χ4v) is 2.35. The summed E-state index contributed by atoms with van der Waals surface area (Å²) >= 11 is 0. The molecule has 0 saturated carbocycles. The molecule has 0 aliphatic rings. The van der Waals surface area contributed by atoms with Crippen molar-refractivity contribution in [2.75, 3.05) is 7.11 Å². The van der Waals surface area contributed by atoms with Gasteiger partial charge in [0.1, 0.15) is 11.0 Å². The summed E-state index contributed by atoms with van der Waals surface area (Å²) in [6.07, 6.45) is 0. The molecule has 5 nitrogen and oxygen atoms in total. The molecule has 1 aromatic carbocycles. The molecule has 1 amide bonds. The lowest BCUT2D eigenvalue weighted by Crippen LogP contribution is -2.33. The van der Waals surface area contributed by atoms with Gasteiger partial charge in [0, 0.05) is 0 Å². The van der Waals surface area contributed by atoms with Gasteiger partial charge in [0.05, 0.1) is 12.0 Å². The van der Waals surface area contributed by atoms with E-state index in [1.165, 1.54) is 38.3 Å². The number of sulfone groups is 1. The Labute approximate surface area is 94.1 Å². The predicted molar refractivity (Wildman–Crippen MR) is 58.8 cm³/mol. The van der Waals surface area contributed by atoms with E-state index in [9.17, 15) is 13.2 Å². The standard InChI is InChI=1S/C10H13NO4S/c1-7(10(11)12)16(13,14)9-5-3-8(15-2)4-6-9/h3-7H,1-2H3,(H2,11,12). The Morgan fingerprint density at radius 3 is 2.19 bits per heavy atom. The van der Waals surface area contributed by atoms with Crippen LogP contribution in [0.5, 0.6) is 5.75 Å². The van der Waals surface area contributed by atoms with Gasteiger partial charge in [0.15, 0.2) is 9.84 Å². The third-order valence-electron chi connectivity index (χ3n) is 2.25. The molecule has 16 heavy (non-hydrogen) atoms. The predicted octanol–water partition coefficient (Wildman–Crippen LogP) is 0.343. The average molecular weight is 243 g/mol. The molecule has 0 bridgehead atoms. The number of nitrogens with two attached hydrogens (primary N) is 1. The zero-order valence-corrected chi connectivity index (χ0v) is 9.82. The highest BCUT2D eigenvalue weighted by Gasteiger charge is 2.27. The number of hydrogen-bond donors (Lipinski definition) is 1. The van der Waals surface area contributed by atoms with Crippen LogP contribution < -0.4 is 10.5 Å². The van der Waals surface area contributed by atoms with E-state index in [0.29, 0.717) is 5.75 Å². The quantitative estimate of drug-likeness (QED) is 0.826. The van der Waals surface area contributed by atoms with Crippen LogP contribution in [0.25, 0.3) is 0 Å². The van der Waals surface area contributed by atoms with E-state index in [0.717, 1.165) is 0 Å². The molecule has 1 atom stereocenters. The van der Waals surface area contributed by atoms with E-state index in [4.69, 9.17) is 10.5 Å². The van der Waals surface area contributed by atoms with Crippen molar-refractivity contribution < 1.29 is 17.9 Å². The summed E-state index contributed by atoms with van der Waals surface area (Å²) in [6, 6.07) is 5.79. The number of carbonyl (C=O) groups excluding carboxylic acids is 1. The number of amides is 1. The number of ether oxygens (including phenoxy) is 1. The normalized spacial score (nSPS) is 13.1. The van der Waals surface area contributed by atoms with Crippen molar-refractivity contribution in [3.63, 3.8) is 0 Å². The second-order valence-corrected chi connectivity index (χ2v) is 5.53. The van der Waals surface area contributed by atoms with Gasteiger partial charge in [-0.15, -0.1) is 0 Å². The molecule has 1 rings (SSSR count). The van der Waals surface area contributed by atoms with E-state index in [2.05, 4.69) is 0 Å². The molecular formula is C10H13NO4S. The second-order valence-electron chi connectivity index (χ2n) is 3.27. The first-order chi connectivity index (χ1) is 7.39. The van der Waals surface area contributed by atoms with Crippen LogP contribution in [0.15, 0.2) is 29.2 Å². The fraction of sp³-hybridized carbons (Fsp3) is 0.300. The second kappa shape index (κ2) is 4.52. The van der Waals surface area contributed by atoms with Crippen LogP contribution in [-0.2, 0) is 14.6 Å². The molecule has 0 spiro atoms.